The molecule has 2 unspecified atom stereocenters. The first kappa shape index (κ1) is 14.4. The van der Waals surface area contributed by atoms with Crippen LogP contribution in [0.1, 0.15) is 23.8 Å². The molecule has 0 bridgehead atoms. The van der Waals surface area contributed by atoms with Crippen molar-refractivity contribution in [2.24, 2.45) is 0 Å². The number of hydrogen-bond donors (Lipinski definition) is 0. The largest absolute Gasteiger partial charge is 0.455 e. The summed E-state index contributed by atoms with van der Waals surface area (Å²) in [5, 5.41) is 5.22. The van der Waals surface area contributed by atoms with Gasteiger partial charge in [-0.1, -0.05) is 11.6 Å². The summed E-state index contributed by atoms with van der Waals surface area (Å²) in [5.74, 6) is -0.298. The van der Waals surface area contributed by atoms with Crippen LogP contribution in [-0.4, -0.2) is 27.5 Å². The molecule has 0 radical (unpaired) electrons. The molecule has 1 aliphatic heterocycles. The highest BCUT2D eigenvalue weighted by Crippen LogP contribution is 2.39. The molecule has 0 N–H and O–H groups in total. The third kappa shape index (κ3) is 2.44. The maximum absolute atomic E-state index is 6.13. The summed E-state index contributed by atoms with van der Waals surface area (Å²) in [6.07, 6.45) is 3.14. The zero-order chi connectivity index (χ0) is 16.0. The summed E-state index contributed by atoms with van der Waals surface area (Å²) in [4.78, 5) is 3.99. The topological polar surface area (TPSA) is 62.3 Å². The predicted molar refractivity (Wildman–Crippen MR) is 83.9 cm³/mol. The van der Waals surface area contributed by atoms with Gasteiger partial charge in [-0.15, -0.1) is 0 Å². The van der Waals surface area contributed by atoms with Crippen LogP contribution in [0.4, 0.5) is 0 Å². The van der Waals surface area contributed by atoms with E-state index in [9.17, 15) is 0 Å². The Morgan fingerprint density at radius 2 is 2.17 bits per heavy atom. The number of hydrogen-bond acceptors (Lipinski definition) is 5. The third-order valence-corrected chi connectivity index (χ3v) is 4.10. The standard InChI is InChI=1S/C17H19N3O3/c1-11-4-12(2)16-14(5-11)6-15(22-16)17(21-7-13(3)23-17)8-20-10-18-9-19-20/h4-6,9-10,13H,7-8H2,1-3H3. The minimum absolute atomic E-state index is 0.00503. The molecular formula is C17H19N3O3. The summed E-state index contributed by atoms with van der Waals surface area (Å²) in [7, 11) is 0. The molecule has 1 aliphatic rings. The number of rotatable bonds is 3. The molecule has 4 rings (SSSR count). The van der Waals surface area contributed by atoms with Crippen molar-refractivity contribution >= 4 is 11.0 Å². The Kier molecular flexibility index (Phi) is 3.25. The van der Waals surface area contributed by atoms with E-state index >= 15 is 0 Å². The molecule has 3 aromatic rings. The van der Waals surface area contributed by atoms with E-state index in [1.54, 1.807) is 11.0 Å². The molecule has 2 aromatic heterocycles. The van der Waals surface area contributed by atoms with Crippen LogP contribution >= 0.6 is 0 Å². The van der Waals surface area contributed by atoms with Gasteiger partial charge in [-0.05, 0) is 38.5 Å². The van der Waals surface area contributed by atoms with Gasteiger partial charge in [-0.3, -0.25) is 0 Å². The zero-order valence-electron chi connectivity index (χ0n) is 13.4. The van der Waals surface area contributed by atoms with Gasteiger partial charge < -0.3 is 13.9 Å². The van der Waals surface area contributed by atoms with Gasteiger partial charge in [0.2, 0.25) is 5.79 Å². The third-order valence-electron chi connectivity index (χ3n) is 4.10. The Bertz CT molecular complexity index is 840. The SMILES string of the molecule is Cc1cc(C)c2oc(C3(Cn4cncn4)OCC(C)O3)cc2c1. The second-order valence-electron chi connectivity index (χ2n) is 6.20. The molecule has 3 heterocycles. The Morgan fingerprint density at radius 1 is 1.30 bits per heavy atom. The molecule has 1 saturated heterocycles. The van der Waals surface area contributed by atoms with Crippen LogP contribution in [0.2, 0.25) is 0 Å². The molecular weight excluding hydrogens is 294 g/mol. The molecule has 0 aliphatic carbocycles. The van der Waals surface area contributed by atoms with E-state index in [1.165, 1.54) is 11.9 Å². The summed E-state index contributed by atoms with van der Waals surface area (Å²) in [6.45, 7) is 7.03. The highest BCUT2D eigenvalue weighted by atomic mass is 16.8. The first-order chi connectivity index (χ1) is 11.1. The summed E-state index contributed by atoms with van der Waals surface area (Å²) < 4.78 is 19.9. The summed E-state index contributed by atoms with van der Waals surface area (Å²) >= 11 is 0. The van der Waals surface area contributed by atoms with Crippen LogP contribution in [0.3, 0.4) is 0 Å². The molecule has 0 spiro atoms. The van der Waals surface area contributed by atoms with Gasteiger partial charge >= 0.3 is 0 Å². The van der Waals surface area contributed by atoms with Crippen LogP contribution in [0.25, 0.3) is 11.0 Å². The first-order valence-electron chi connectivity index (χ1n) is 7.71. The predicted octanol–water partition coefficient (Wildman–Crippen LogP) is 2.93. The number of aryl methyl sites for hydroxylation is 2. The fourth-order valence-corrected chi connectivity index (χ4v) is 3.16. The lowest BCUT2D eigenvalue weighted by Crippen LogP contribution is -2.33. The van der Waals surface area contributed by atoms with E-state index in [1.807, 2.05) is 19.9 Å². The lowest BCUT2D eigenvalue weighted by Gasteiger charge is -2.25. The molecule has 120 valence electrons. The zero-order valence-corrected chi connectivity index (χ0v) is 13.4. The summed E-state index contributed by atoms with van der Waals surface area (Å²) in [6, 6.07) is 6.22. The van der Waals surface area contributed by atoms with Crippen LogP contribution in [0.5, 0.6) is 0 Å². The quantitative estimate of drug-likeness (QED) is 0.744. The van der Waals surface area contributed by atoms with Crippen LogP contribution in [-0.2, 0) is 21.8 Å². The molecule has 23 heavy (non-hydrogen) atoms. The fourth-order valence-electron chi connectivity index (χ4n) is 3.16. The van der Waals surface area contributed by atoms with Gasteiger partial charge in [-0.2, -0.15) is 5.10 Å². The van der Waals surface area contributed by atoms with E-state index in [-0.39, 0.29) is 6.10 Å². The van der Waals surface area contributed by atoms with Crippen LogP contribution in [0, 0.1) is 13.8 Å². The number of ether oxygens (including phenoxy) is 2. The minimum atomic E-state index is -0.966. The monoisotopic (exact) mass is 313 g/mol. The second-order valence-corrected chi connectivity index (χ2v) is 6.20. The Balaban J connectivity index is 1.82. The average molecular weight is 313 g/mol. The highest BCUT2D eigenvalue weighted by Gasteiger charge is 2.45. The van der Waals surface area contributed by atoms with Gasteiger partial charge in [0.1, 0.15) is 24.8 Å². The van der Waals surface area contributed by atoms with Gasteiger partial charge in [0, 0.05) is 5.39 Å². The van der Waals surface area contributed by atoms with Gasteiger partial charge in [0.05, 0.1) is 12.7 Å². The van der Waals surface area contributed by atoms with Crippen molar-refractivity contribution in [2.75, 3.05) is 6.61 Å². The van der Waals surface area contributed by atoms with Crippen molar-refractivity contribution in [3.05, 3.63) is 47.7 Å². The normalized spacial score (nSPS) is 24.6. The Hall–Kier alpha value is -2.18. The number of furan rings is 1. The smallest absolute Gasteiger partial charge is 0.249 e. The van der Waals surface area contributed by atoms with Crippen molar-refractivity contribution in [3.8, 4) is 0 Å². The number of benzene rings is 1. The van der Waals surface area contributed by atoms with Crippen molar-refractivity contribution < 1.29 is 13.9 Å². The molecule has 2 atom stereocenters. The molecule has 6 heteroatoms. The van der Waals surface area contributed by atoms with Crippen molar-refractivity contribution in [2.45, 2.75) is 39.2 Å². The van der Waals surface area contributed by atoms with E-state index in [0.29, 0.717) is 18.9 Å². The van der Waals surface area contributed by atoms with Crippen molar-refractivity contribution in [1.82, 2.24) is 14.8 Å². The van der Waals surface area contributed by atoms with Gasteiger partial charge in [0.25, 0.3) is 0 Å². The number of nitrogens with zero attached hydrogens (tertiary/aromatic N) is 3. The summed E-state index contributed by atoms with van der Waals surface area (Å²) in [5.41, 5.74) is 3.18. The first-order valence-corrected chi connectivity index (χ1v) is 7.71. The molecule has 1 aromatic carbocycles. The fraction of sp³-hybridized carbons (Fsp3) is 0.412. The molecule has 0 amide bonds. The van der Waals surface area contributed by atoms with E-state index in [2.05, 4.69) is 29.1 Å². The number of aromatic nitrogens is 3. The van der Waals surface area contributed by atoms with E-state index < -0.39 is 5.79 Å². The average Bonchev–Trinajstić information content (AvgIpc) is 3.19. The van der Waals surface area contributed by atoms with Gasteiger partial charge in [0.15, 0.2) is 5.76 Å². The van der Waals surface area contributed by atoms with Crippen molar-refractivity contribution in [3.63, 3.8) is 0 Å². The number of fused-ring (bicyclic) bond motifs is 1. The lowest BCUT2D eigenvalue weighted by molar-refractivity contribution is -0.198. The lowest BCUT2D eigenvalue weighted by atomic mass is 10.1. The molecule has 1 fully saturated rings. The second kappa shape index (κ2) is 5.18. The van der Waals surface area contributed by atoms with Gasteiger partial charge in [-0.25, -0.2) is 9.67 Å². The van der Waals surface area contributed by atoms with E-state index in [4.69, 9.17) is 13.9 Å². The maximum atomic E-state index is 6.13. The maximum Gasteiger partial charge on any atom is 0.249 e. The molecule has 0 saturated carbocycles. The van der Waals surface area contributed by atoms with Crippen LogP contribution in [0.15, 0.2) is 35.3 Å². The Morgan fingerprint density at radius 3 is 2.87 bits per heavy atom. The molecule has 6 nitrogen and oxygen atoms in total. The highest BCUT2D eigenvalue weighted by molar-refractivity contribution is 5.82. The van der Waals surface area contributed by atoms with Crippen LogP contribution < -0.4 is 0 Å². The Labute approximate surface area is 134 Å². The minimum Gasteiger partial charge on any atom is -0.455 e. The van der Waals surface area contributed by atoms with E-state index in [0.717, 1.165) is 16.5 Å². The van der Waals surface area contributed by atoms with Crippen molar-refractivity contribution in [1.29, 1.82) is 0 Å².